The largest absolute Gasteiger partial charge is 0.497 e. The number of likely N-dealkylation sites (tertiary alicyclic amines) is 1. The van der Waals surface area contributed by atoms with Gasteiger partial charge in [0.15, 0.2) is 5.69 Å². The van der Waals surface area contributed by atoms with Crippen LogP contribution in [0.3, 0.4) is 0 Å². The molecule has 0 bridgehead atoms. The second-order valence-electron chi connectivity index (χ2n) is 8.78. The lowest BCUT2D eigenvalue weighted by molar-refractivity contribution is 0.0945. The van der Waals surface area contributed by atoms with Crippen molar-refractivity contribution < 1.29 is 14.3 Å². The van der Waals surface area contributed by atoms with E-state index in [1.54, 1.807) is 49.6 Å². The fourth-order valence-corrected chi connectivity index (χ4v) is 4.35. The van der Waals surface area contributed by atoms with Crippen molar-refractivity contribution in [3.63, 3.8) is 0 Å². The van der Waals surface area contributed by atoms with Crippen molar-refractivity contribution in [2.75, 3.05) is 40.4 Å². The molecule has 8 heteroatoms. The normalized spacial score (nSPS) is 14.8. The van der Waals surface area contributed by atoms with Gasteiger partial charge in [-0.15, -0.1) is 0 Å². The van der Waals surface area contributed by atoms with E-state index >= 15 is 0 Å². The highest BCUT2D eigenvalue weighted by Crippen LogP contribution is 2.27. The zero-order valence-electron chi connectivity index (χ0n) is 20.0. The van der Waals surface area contributed by atoms with Crippen LogP contribution in [0.1, 0.15) is 36.7 Å². The number of nitrogens with zero attached hydrogens (tertiary/aromatic N) is 3. The Balaban J connectivity index is 1.58. The molecule has 0 spiro atoms. The molecule has 0 unspecified atom stereocenters. The number of aromatic nitrogens is 2. The molecule has 8 nitrogen and oxygen atoms in total. The quantitative estimate of drug-likeness (QED) is 0.515. The molecule has 1 aromatic heterocycles. The summed E-state index contributed by atoms with van der Waals surface area (Å²) in [5, 5.41) is 8.41. The van der Waals surface area contributed by atoms with Crippen LogP contribution in [0.5, 0.6) is 11.5 Å². The number of fused-ring (bicyclic) bond motifs is 1. The average molecular weight is 465 g/mol. The van der Waals surface area contributed by atoms with Gasteiger partial charge in [-0.05, 0) is 63.0 Å². The second kappa shape index (κ2) is 10.7. The zero-order chi connectivity index (χ0) is 24.1. The van der Waals surface area contributed by atoms with E-state index < -0.39 is 0 Å². The molecule has 1 aliphatic rings. The van der Waals surface area contributed by atoms with Gasteiger partial charge in [0.25, 0.3) is 11.5 Å². The number of piperidine rings is 1. The van der Waals surface area contributed by atoms with E-state index in [-0.39, 0.29) is 17.2 Å². The fraction of sp³-hybridized carbons (Fsp3) is 0.423. The van der Waals surface area contributed by atoms with Gasteiger partial charge in [-0.3, -0.25) is 9.59 Å². The van der Waals surface area contributed by atoms with E-state index in [1.807, 2.05) is 0 Å². The summed E-state index contributed by atoms with van der Waals surface area (Å²) in [5.74, 6) is 1.52. The van der Waals surface area contributed by atoms with E-state index in [9.17, 15) is 9.59 Å². The van der Waals surface area contributed by atoms with Crippen LogP contribution in [0.2, 0.25) is 0 Å². The van der Waals surface area contributed by atoms with Gasteiger partial charge < -0.3 is 19.7 Å². The van der Waals surface area contributed by atoms with Crippen molar-refractivity contribution in [2.24, 2.45) is 5.92 Å². The first kappa shape index (κ1) is 23.8. The monoisotopic (exact) mass is 464 g/mol. The third-order valence-corrected chi connectivity index (χ3v) is 6.45. The molecule has 0 aliphatic carbocycles. The topological polar surface area (TPSA) is 85.7 Å². The lowest BCUT2D eigenvalue weighted by atomic mass is 9.99. The third-order valence-electron chi connectivity index (χ3n) is 6.45. The molecular formula is C26H32N4O4. The predicted octanol–water partition coefficient (Wildman–Crippen LogP) is 3.25. The van der Waals surface area contributed by atoms with E-state index in [2.05, 4.69) is 22.2 Å². The molecule has 1 amide bonds. The van der Waals surface area contributed by atoms with Crippen LogP contribution in [0, 0.1) is 5.92 Å². The van der Waals surface area contributed by atoms with Gasteiger partial charge in [-0.2, -0.15) is 9.78 Å². The summed E-state index contributed by atoms with van der Waals surface area (Å²) in [6, 6.07) is 12.1. The second-order valence-corrected chi connectivity index (χ2v) is 8.78. The number of amides is 1. The molecule has 0 saturated carbocycles. The molecule has 180 valence electrons. The summed E-state index contributed by atoms with van der Waals surface area (Å²) in [4.78, 5) is 28.9. The van der Waals surface area contributed by atoms with Gasteiger partial charge in [0.1, 0.15) is 17.2 Å². The highest BCUT2D eigenvalue weighted by molar-refractivity contribution is 6.04. The summed E-state index contributed by atoms with van der Waals surface area (Å²) in [6.07, 6.45) is 3.33. The summed E-state index contributed by atoms with van der Waals surface area (Å²) in [6.45, 7) is 6.05. The van der Waals surface area contributed by atoms with Gasteiger partial charge in [0.2, 0.25) is 0 Å². The zero-order valence-corrected chi connectivity index (χ0v) is 20.0. The number of hydrogen-bond donors (Lipinski definition) is 1. The van der Waals surface area contributed by atoms with E-state index in [0.29, 0.717) is 34.5 Å². The Hall–Kier alpha value is -3.39. The van der Waals surface area contributed by atoms with Crippen molar-refractivity contribution >= 4 is 16.7 Å². The maximum Gasteiger partial charge on any atom is 0.279 e. The first-order chi connectivity index (χ1) is 16.5. The molecule has 1 N–H and O–H groups in total. The first-order valence-corrected chi connectivity index (χ1v) is 11.8. The van der Waals surface area contributed by atoms with E-state index in [1.165, 1.54) is 24.6 Å². The van der Waals surface area contributed by atoms with Gasteiger partial charge >= 0.3 is 0 Å². The van der Waals surface area contributed by atoms with Crippen LogP contribution < -0.4 is 20.3 Å². The minimum absolute atomic E-state index is 0.208. The maximum atomic E-state index is 13.3. The van der Waals surface area contributed by atoms with Crippen LogP contribution in [-0.4, -0.2) is 61.0 Å². The minimum atomic E-state index is -0.324. The fourth-order valence-electron chi connectivity index (χ4n) is 4.35. The molecule has 2 aromatic carbocycles. The third kappa shape index (κ3) is 5.07. The van der Waals surface area contributed by atoms with Crippen molar-refractivity contribution in [1.29, 1.82) is 0 Å². The SMILES string of the molecule is COc1ccc(-n2nc(C(=O)NCCCN3CCC(C)CC3)c3ccccc3c2=O)c(OC)c1. The van der Waals surface area contributed by atoms with Gasteiger partial charge in [-0.25, -0.2) is 0 Å². The van der Waals surface area contributed by atoms with E-state index in [0.717, 1.165) is 32.0 Å². The van der Waals surface area contributed by atoms with Gasteiger partial charge in [0, 0.05) is 18.0 Å². The van der Waals surface area contributed by atoms with Crippen molar-refractivity contribution in [2.45, 2.75) is 26.2 Å². The Morgan fingerprint density at radius 1 is 1.09 bits per heavy atom. The van der Waals surface area contributed by atoms with Crippen LogP contribution >= 0.6 is 0 Å². The standard InChI is InChI=1S/C26H32N4O4/c1-18-11-15-29(16-12-18)14-6-13-27-25(31)24-20-7-4-5-8-21(20)26(32)30(28-24)22-10-9-19(33-2)17-23(22)34-3/h4-5,7-10,17-18H,6,11-16H2,1-3H3,(H,27,31). The maximum absolute atomic E-state index is 13.3. The molecule has 34 heavy (non-hydrogen) atoms. The molecule has 4 rings (SSSR count). The number of hydrogen-bond acceptors (Lipinski definition) is 6. The lowest BCUT2D eigenvalue weighted by Crippen LogP contribution is -2.36. The molecule has 1 saturated heterocycles. The van der Waals surface area contributed by atoms with Crippen LogP contribution in [0.4, 0.5) is 0 Å². The Labute approximate surface area is 199 Å². The summed E-state index contributed by atoms with van der Waals surface area (Å²) in [7, 11) is 3.07. The van der Waals surface area contributed by atoms with Gasteiger partial charge in [0.05, 0.1) is 19.6 Å². The van der Waals surface area contributed by atoms with E-state index in [4.69, 9.17) is 9.47 Å². The number of carbonyl (C=O) groups excluding carboxylic acids is 1. The van der Waals surface area contributed by atoms with Gasteiger partial charge in [-0.1, -0.05) is 25.1 Å². The molecule has 3 aromatic rings. The van der Waals surface area contributed by atoms with Crippen LogP contribution in [-0.2, 0) is 0 Å². The Morgan fingerprint density at radius 2 is 1.82 bits per heavy atom. The smallest absolute Gasteiger partial charge is 0.279 e. The average Bonchev–Trinajstić information content (AvgIpc) is 2.87. The Bertz CT molecular complexity index is 1220. The Kier molecular flexibility index (Phi) is 7.47. The molecule has 0 radical (unpaired) electrons. The first-order valence-electron chi connectivity index (χ1n) is 11.8. The van der Waals surface area contributed by atoms with Crippen molar-refractivity contribution in [3.05, 3.63) is 58.5 Å². The number of benzene rings is 2. The van der Waals surface area contributed by atoms with Crippen molar-refractivity contribution in [3.8, 4) is 17.2 Å². The highest BCUT2D eigenvalue weighted by Gasteiger charge is 2.20. The summed E-state index contributed by atoms with van der Waals surface area (Å²) >= 11 is 0. The number of rotatable bonds is 8. The lowest BCUT2D eigenvalue weighted by Gasteiger charge is -2.30. The minimum Gasteiger partial charge on any atom is -0.497 e. The summed E-state index contributed by atoms with van der Waals surface area (Å²) < 4.78 is 12.0. The number of methoxy groups -OCH3 is 2. The van der Waals surface area contributed by atoms with Crippen LogP contribution in [0.15, 0.2) is 47.3 Å². The Morgan fingerprint density at radius 3 is 2.53 bits per heavy atom. The number of nitrogens with one attached hydrogen (secondary N) is 1. The summed E-state index contributed by atoms with van der Waals surface area (Å²) in [5.41, 5.74) is 0.322. The predicted molar refractivity (Wildman–Crippen MR) is 132 cm³/mol. The molecule has 1 fully saturated rings. The molecule has 1 aliphatic heterocycles. The molecular weight excluding hydrogens is 432 g/mol. The van der Waals surface area contributed by atoms with Crippen molar-refractivity contribution in [1.82, 2.24) is 20.0 Å². The number of ether oxygens (including phenoxy) is 2. The molecule has 0 atom stereocenters. The number of carbonyl (C=O) groups is 1. The highest BCUT2D eigenvalue weighted by atomic mass is 16.5. The van der Waals surface area contributed by atoms with Crippen LogP contribution in [0.25, 0.3) is 16.5 Å². The molecule has 2 heterocycles.